The van der Waals surface area contributed by atoms with Crippen LogP contribution < -0.4 is 10.5 Å². The van der Waals surface area contributed by atoms with Crippen LogP contribution in [0.15, 0.2) is 24.3 Å². The summed E-state index contributed by atoms with van der Waals surface area (Å²) in [5, 5.41) is 0. The van der Waals surface area contributed by atoms with Crippen molar-refractivity contribution in [2.24, 2.45) is 5.73 Å². The second-order valence-electron chi connectivity index (χ2n) is 3.06. The van der Waals surface area contributed by atoms with Gasteiger partial charge in [0.1, 0.15) is 5.75 Å². The van der Waals surface area contributed by atoms with E-state index in [0.29, 0.717) is 11.3 Å². The molecule has 0 aliphatic rings. The van der Waals surface area contributed by atoms with Crippen molar-refractivity contribution in [2.75, 3.05) is 13.7 Å². The van der Waals surface area contributed by atoms with Crippen molar-refractivity contribution in [3.05, 3.63) is 29.8 Å². The number of hydrogen-bond donors (Lipinski definition) is 1. The first-order chi connectivity index (χ1) is 7.63. The minimum Gasteiger partial charge on any atom is -0.493 e. The molecule has 0 saturated carbocycles. The first-order valence-electron chi connectivity index (χ1n) is 4.73. The van der Waals surface area contributed by atoms with Crippen LogP contribution in [0.3, 0.4) is 0 Å². The Morgan fingerprint density at radius 3 is 2.38 bits per heavy atom. The Morgan fingerprint density at radius 1 is 1.25 bits per heavy atom. The monoisotopic (exact) mass is 223 g/mol. The lowest BCUT2D eigenvalue weighted by molar-refractivity contribution is -0.141. The Balaban J connectivity index is 2.43. The molecule has 2 N–H and O–H groups in total. The molecule has 1 rings (SSSR count). The van der Waals surface area contributed by atoms with Crippen LogP contribution in [0.5, 0.6) is 5.75 Å². The molecule has 0 fully saturated rings. The molecule has 0 unspecified atom stereocenters. The second-order valence-corrected chi connectivity index (χ2v) is 3.06. The lowest BCUT2D eigenvalue weighted by Gasteiger charge is -2.05. The largest absolute Gasteiger partial charge is 0.493 e. The Morgan fingerprint density at radius 2 is 1.88 bits per heavy atom. The van der Waals surface area contributed by atoms with Crippen LogP contribution >= 0.6 is 0 Å². The lowest BCUT2D eigenvalue weighted by Crippen LogP contribution is -2.11. The summed E-state index contributed by atoms with van der Waals surface area (Å²) in [7, 11) is 1.32. The number of primary amides is 1. The van der Waals surface area contributed by atoms with E-state index < -0.39 is 5.91 Å². The Labute approximate surface area is 93.1 Å². The van der Waals surface area contributed by atoms with E-state index in [1.807, 2.05) is 0 Å². The van der Waals surface area contributed by atoms with E-state index in [4.69, 9.17) is 10.5 Å². The highest BCUT2D eigenvalue weighted by atomic mass is 16.5. The fourth-order valence-electron chi connectivity index (χ4n) is 1.07. The van der Waals surface area contributed by atoms with Gasteiger partial charge in [-0.25, -0.2) is 0 Å². The molecule has 0 atom stereocenters. The summed E-state index contributed by atoms with van der Waals surface area (Å²) in [5.74, 6) is -0.233. The number of esters is 1. The third-order valence-electron chi connectivity index (χ3n) is 1.94. The average molecular weight is 223 g/mol. The number of carbonyl (C=O) groups excluding carboxylic acids is 2. The molecule has 1 amide bonds. The number of nitrogens with two attached hydrogens (primary N) is 1. The minimum absolute atomic E-state index is 0.189. The molecule has 5 nitrogen and oxygen atoms in total. The molecule has 1 aromatic carbocycles. The summed E-state index contributed by atoms with van der Waals surface area (Å²) in [6, 6.07) is 6.38. The maximum Gasteiger partial charge on any atom is 0.308 e. The third-order valence-corrected chi connectivity index (χ3v) is 1.94. The van der Waals surface area contributed by atoms with Gasteiger partial charge < -0.3 is 15.2 Å². The molecule has 86 valence electrons. The summed E-state index contributed by atoms with van der Waals surface area (Å²) >= 11 is 0. The molecule has 0 bridgehead atoms. The number of rotatable bonds is 5. The zero-order valence-corrected chi connectivity index (χ0v) is 8.93. The van der Waals surface area contributed by atoms with Crippen molar-refractivity contribution >= 4 is 11.9 Å². The first-order valence-corrected chi connectivity index (χ1v) is 4.73. The Bertz CT molecular complexity index is 372. The number of benzene rings is 1. The van der Waals surface area contributed by atoms with Gasteiger partial charge in [0.15, 0.2) is 0 Å². The van der Waals surface area contributed by atoms with E-state index in [9.17, 15) is 9.59 Å². The molecule has 5 heteroatoms. The smallest absolute Gasteiger partial charge is 0.308 e. The average Bonchev–Trinajstić information content (AvgIpc) is 2.29. The van der Waals surface area contributed by atoms with Gasteiger partial charge >= 0.3 is 5.97 Å². The highest BCUT2D eigenvalue weighted by molar-refractivity contribution is 5.92. The van der Waals surface area contributed by atoms with E-state index in [-0.39, 0.29) is 19.0 Å². The Hall–Kier alpha value is -2.04. The number of hydrogen-bond acceptors (Lipinski definition) is 4. The molecule has 1 aromatic rings. The minimum atomic E-state index is -0.485. The van der Waals surface area contributed by atoms with Gasteiger partial charge in [-0.3, -0.25) is 9.59 Å². The fourth-order valence-corrected chi connectivity index (χ4v) is 1.07. The van der Waals surface area contributed by atoms with Gasteiger partial charge in [-0.1, -0.05) is 0 Å². The molecule has 0 spiro atoms. The maximum absolute atomic E-state index is 10.8. The topological polar surface area (TPSA) is 78.6 Å². The second kappa shape index (κ2) is 5.75. The van der Waals surface area contributed by atoms with Gasteiger partial charge in [-0.05, 0) is 24.3 Å². The first kappa shape index (κ1) is 12.0. The zero-order valence-electron chi connectivity index (χ0n) is 8.93. The number of amides is 1. The molecule has 0 aromatic heterocycles. The van der Waals surface area contributed by atoms with Crippen LogP contribution in [-0.2, 0) is 9.53 Å². The molecule has 0 heterocycles. The van der Waals surface area contributed by atoms with E-state index in [2.05, 4.69) is 4.74 Å². The number of methoxy groups -OCH3 is 1. The van der Waals surface area contributed by atoms with E-state index in [0.717, 1.165) is 0 Å². The van der Waals surface area contributed by atoms with E-state index in [1.165, 1.54) is 7.11 Å². The standard InChI is InChI=1S/C11H13NO4/c1-15-10(13)6-7-16-9-4-2-8(3-5-9)11(12)14/h2-5H,6-7H2,1H3,(H2,12,14). The van der Waals surface area contributed by atoms with Gasteiger partial charge in [0, 0.05) is 5.56 Å². The summed E-state index contributed by atoms with van der Waals surface area (Å²) in [6.07, 6.45) is 0.189. The van der Waals surface area contributed by atoms with Crippen LogP contribution in [-0.4, -0.2) is 25.6 Å². The Kier molecular flexibility index (Phi) is 4.32. The molecule has 0 radical (unpaired) electrons. The van der Waals surface area contributed by atoms with Crippen molar-refractivity contribution in [2.45, 2.75) is 6.42 Å². The number of ether oxygens (including phenoxy) is 2. The summed E-state index contributed by atoms with van der Waals surface area (Å²) in [4.78, 5) is 21.6. The van der Waals surface area contributed by atoms with Crippen LogP contribution in [0.25, 0.3) is 0 Å². The molecule has 0 aliphatic carbocycles. The molecular formula is C11H13NO4. The maximum atomic E-state index is 10.8. The fraction of sp³-hybridized carbons (Fsp3) is 0.273. The van der Waals surface area contributed by atoms with E-state index in [1.54, 1.807) is 24.3 Å². The van der Waals surface area contributed by atoms with Crippen molar-refractivity contribution in [1.82, 2.24) is 0 Å². The number of carbonyl (C=O) groups is 2. The summed E-state index contributed by atoms with van der Waals surface area (Å²) < 4.78 is 9.72. The molecule has 16 heavy (non-hydrogen) atoms. The van der Waals surface area contributed by atoms with Crippen molar-refractivity contribution in [3.63, 3.8) is 0 Å². The van der Waals surface area contributed by atoms with Crippen molar-refractivity contribution < 1.29 is 19.1 Å². The highest BCUT2D eigenvalue weighted by Crippen LogP contribution is 2.11. The summed E-state index contributed by atoms with van der Waals surface area (Å²) in [5.41, 5.74) is 5.50. The van der Waals surface area contributed by atoms with Crippen molar-refractivity contribution in [3.8, 4) is 5.75 Å². The highest BCUT2D eigenvalue weighted by Gasteiger charge is 2.02. The zero-order chi connectivity index (χ0) is 12.0. The van der Waals surface area contributed by atoms with Crippen LogP contribution in [0, 0.1) is 0 Å². The van der Waals surface area contributed by atoms with Crippen LogP contribution in [0.1, 0.15) is 16.8 Å². The predicted octanol–water partition coefficient (Wildman–Crippen LogP) is 0.727. The summed E-state index contributed by atoms with van der Waals surface area (Å²) in [6.45, 7) is 0.239. The normalized spacial score (nSPS) is 9.56. The molecule has 0 aliphatic heterocycles. The van der Waals surface area contributed by atoms with Crippen LogP contribution in [0.2, 0.25) is 0 Å². The van der Waals surface area contributed by atoms with Gasteiger partial charge in [-0.2, -0.15) is 0 Å². The predicted molar refractivity (Wildman–Crippen MR) is 57.1 cm³/mol. The van der Waals surface area contributed by atoms with Crippen LogP contribution in [0.4, 0.5) is 0 Å². The van der Waals surface area contributed by atoms with Crippen molar-refractivity contribution in [1.29, 1.82) is 0 Å². The molecule has 0 saturated heterocycles. The van der Waals surface area contributed by atoms with E-state index >= 15 is 0 Å². The molecular weight excluding hydrogens is 210 g/mol. The van der Waals surface area contributed by atoms with Gasteiger partial charge in [-0.15, -0.1) is 0 Å². The lowest BCUT2D eigenvalue weighted by atomic mass is 10.2. The SMILES string of the molecule is COC(=O)CCOc1ccc(C(N)=O)cc1. The van der Waals surface area contributed by atoms with Gasteiger partial charge in [0.05, 0.1) is 20.1 Å². The van der Waals surface area contributed by atoms with Gasteiger partial charge in [0.25, 0.3) is 0 Å². The van der Waals surface area contributed by atoms with Gasteiger partial charge in [0.2, 0.25) is 5.91 Å². The quantitative estimate of drug-likeness (QED) is 0.746. The third kappa shape index (κ3) is 3.61.